The molecule has 0 radical (unpaired) electrons. The first-order chi connectivity index (χ1) is 18.3. The van der Waals surface area contributed by atoms with E-state index in [0.29, 0.717) is 30.1 Å². The maximum Gasteiger partial charge on any atom is 0.414 e. The summed E-state index contributed by atoms with van der Waals surface area (Å²) in [6, 6.07) is 14.0. The number of nitrogens with two attached hydrogens (primary N) is 3. The van der Waals surface area contributed by atoms with Gasteiger partial charge in [0.1, 0.15) is 18.0 Å². The first-order valence-corrected chi connectivity index (χ1v) is 12.3. The third-order valence-electron chi connectivity index (χ3n) is 5.70. The van der Waals surface area contributed by atoms with E-state index in [9.17, 15) is 14.4 Å². The van der Waals surface area contributed by atoms with E-state index < -0.39 is 35.3 Å². The number of rotatable bonds is 10. The Bertz CT molecular complexity index is 1220. The second-order valence-electron chi connectivity index (χ2n) is 10.1. The van der Waals surface area contributed by atoms with Crippen molar-refractivity contribution < 1.29 is 33.3 Å². The number of ether oxygens (including phenoxy) is 4. The number of anilines is 1. The van der Waals surface area contributed by atoms with Crippen molar-refractivity contribution in [2.45, 2.75) is 51.0 Å². The molecule has 2 aromatic rings. The van der Waals surface area contributed by atoms with E-state index in [2.05, 4.69) is 4.99 Å². The number of carbonyl (C=O) groups excluding carboxylic acids is 3. The van der Waals surface area contributed by atoms with E-state index in [1.807, 2.05) is 18.2 Å². The third kappa shape index (κ3) is 7.84. The third-order valence-corrected chi connectivity index (χ3v) is 5.70. The van der Waals surface area contributed by atoms with E-state index in [0.717, 1.165) is 12.7 Å². The average Bonchev–Trinajstić information content (AvgIpc) is 3.26. The van der Waals surface area contributed by atoms with Gasteiger partial charge in [-0.25, -0.2) is 19.4 Å². The molecule has 210 valence electrons. The minimum absolute atomic E-state index is 0.0138. The molecule has 2 atom stereocenters. The van der Waals surface area contributed by atoms with E-state index in [1.165, 1.54) is 4.90 Å². The van der Waals surface area contributed by atoms with Crippen LogP contribution in [-0.2, 0) is 36.8 Å². The zero-order chi connectivity index (χ0) is 28.8. The molecule has 0 saturated carbocycles. The number of aliphatic imine (C=N–C) groups is 1. The van der Waals surface area contributed by atoms with Crippen LogP contribution in [0.15, 0.2) is 53.5 Å². The summed E-state index contributed by atoms with van der Waals surface area (Å²) in [4.78, 5) is 43.0. The highest BCUT2D eigenvalue weighted by Crippen LogP contribution is 2.25. The summed E-state index contributed by atoms with van der Waals surface area (Å²) in [5, 5.41) is 0. The van der Waals surface area contributed by atoms with Gasteiger partial charge in [-0.05, 0) is 56.2 Å². The molecule has 1 saturated heterocycles. The summed E-state index contributed by atoms with van der Waals surface area (Å²) in [6.45, 7) is 5.76. The van der Waals surface area contributed by atoms with Crippen LogP contribution in [0, 0.1) is 0 Å². The van der Waals surface area contributed by atoms with Crippen LogP contribution in [0.1, 0.15) is 31.9 Å². The number of nitrogens with zero attached hydrogens (tertiary/aromatic N) is 2. The van der Waals surface area contributed by atoms with Gasteiger partial charge in [-0.15, -0.1) is 0 Å². The minimum Gasteiger partial charge on any atom is -0.490 e. The van der Waals surface area contributed by atoms with Crippen molar-refractivity contribution in [1.82, 2.24) is 0 Å². The predicted molar refractivity (Wildman–Crippen MR) is 144 cm³/mol. The molecule has 2 unspecified atom stereocenters. The fourth-order valence-electron chi connectivity index (χ4n) is 3.82. The van der Waals surface area contributed by atoms with Gasteiger partial charge in [0.05, 0.1) is 20.2 Å². The summed E-state index contributed by atoms with van der Waals surface area (Å²) in [7, 11) is 1.16. The lowest BCUT2D eigenvalue weighted by Gasteiger charge is -2.29. The van der Waals surface area contributed by atoms with Crippen molar-refractivity contribution in [3.63, 3.8) is 0 Å². The molecule has 0 spiro atoms. The molecule has 12 nitrogen and oxygen atoms in total. The highest BCUT2D eigenvalue weighted by Gasteiger charge is 2.46. The molecule has 1 aliphatic rings. The number of amides is 1. The molecule has 1 heterocycles. The van der Waals surface area contributed by atoms with Crippen LogP contribution in [0.4, 0.5) is 10.5 Å². The van der Waals surface area contributed by atoms with Crippen molar-refractivity contribution >= 4 is 29.7 Å². The Hall–Kier alpha value is -4.32. The monoisotopic (exact) mass is 541 g/mol. The van der Waals surface area contributed by atoms with Crippen LogP contribution in [0.2, 0.25) is 0 Å². The van der Waals surface area contributed by atoms with E-state index in [1.54, 1.807) is 51.1 Å². The Kier molecular flexibility index (Phi) is 9.02. The highest BCUT2D eigenvalue weighted by molar-refractivity contribution is 6.05. The molecule has 6 N–H and O–H groups in total. The van der Waals surface area contributed by atoms with Gasteiger partial charge in [0.2, 0.25) is 5.54 Å². The van der Waals surface area contributed by atoms with Crippen LogP contribution >= 0.6 is 0 Å². The van der Waals surface area contributed by atoms with E-state index in [4.69, 9.17) is 36.1 Å². The van der Waals surface area contributed by atoms with Crippen LogP contribution in [0.5, 0.6) is 5.75 Å². The number of esters is 2. The number of benzene rings is 2. The van der Waals surface area contributed by atoms with Crippen molar-refractivity contribution in [3.8, 4) is 5.75 Å². The smallest absolute Gasteiger partial charge is 0.414 e. The van der Waals surface area contributed by atoms with Gasteiger partial charge in [-0.1, -0.05) is 24.3 Å². The zero-order valence-electron chi connectivity index (χ0n) is 22.5. The van der Waals surface area contributed by atoms with Gasteiger partial charge in [0, 0.05) is 12.1 Å². The van der Waals surface area contributed by atoms with Crippen molar-refractivity contribution in [2.75, 3.05) is 25.2 Å². The lowest BCUT2D eigenvalue weighted by atomic mass is 9.91. The number of carbonyl (C=O) groups is 3. The van der Waals surface area contributed by atoms with Gasteiger partial charge in [0.15, 0.2) is 12.1 Å². The van der Waals surface area contributed by atoms with Crippen molar-refractivity contribution in [2.24, 2.45) is 22.2 Å². The number of methoxy groups -OCH3 is 1. The minimum atomic E-state index is -2.01. The summed E-state index contributed by atoms with van der Waals surface area (Å²) < 4.78 is 21.4. The molecule has 39 heavy (non-hydrogen) atoms. The number of hydrogen-bond donors (Lipinski definition) is 3. The zero-order valence-corrected chi connectivity index (χ0v) is 22.5. The maximum atomic E-state index is 12.7. The molecular formula is C27H35N5O7. The second kappa shape index (κ2) is 12.0. The Labute approximate surface area is 227 Å². The molecule has 1 amide bonds. The standard InChI is InChI=1S/C27H35N5O7/c1-26(2,3)39-23(34)27(30,22(33)36-4)13-17-8-10-20(11-9-17)37-16-21-15-32(25(35)38-21)19-7-5-6-18(12-19)14-31-24(28)29/h5-12,21H,13-16,30H2,1-4H3,(H4,28,29,31). The first kappa shape index (κ1) is 29.2. The highest BCUT2D eigenvalue weighted by atomic mass is 16.6. The lowest BCUT2D eigenvalue weighted by Crippen LogP contribution is -2.59. The molecule has 1 fully saturated rings. The normalized spacial score (nSPS) is 16.6. The van der Waals surface area contributed by atoms with Gasteiger partial charge >= 0.3 is 18.0 Å². The lowest BCUT2D eigenvalue weighted by molar-refractivity contribution is -0.170. The number of hydrogen-bond acceptors (Lipinski definition) is 9. The van der Waals surface area contributed by atoms with Gasteiger partial charge in [-0.3, -0.25) is 4.90 Å². The number of guanidine groups is 1. The topological polar surface area (TPSA) is 182 Å². The molecular weight excluding hydrogens is 506 g/mol. The van der Waals surface area contributed by atoms with Crippen LogP contribution in [0.25, 0.3) is 0 Å². The molecule has 0 bridgehead atoms. The SMILES string of the molecule is COC(=O)C(N)(Cc1ccc(OCC2CN(c3cccc(CN=C(N)N)c3)C(=O)O2)cc1)C(=O)OC(C)(C)C. The number of cyclic esters (lactones) is 1. The molecule has 1 aliphatic heterocycles. The van der Waals surface area contributed by atoms with Gasteiger partial charge in [-0.2, -0.15) is 0 Å². The Balaban J connectivity index is 1.60. The molecule has 2 aromatic carbocycles. The Morgan fingerprint density at radius 1 is 1.08 bits per heavy atom. The van der Waals surface area contributed by atoms with Crippen LogP contribution < -0.4 is 26.8 Å². The van der Waals surface area contributed by atoms with Gasteiger partial charge in [0.25, 0.3) is 0 Å². The second-order valence-corrected chi connectivity index (χ2v) is 10.1. The first-order valence-electron chi connectivity index (χ1n) is 12.3. The summed E-state index contributed by atoms with van der Waals surface area (Å²) in [5.41, 5.74) is 16.2. The van der Waals surface area contributed by atoms with Crippen LogP contribution in [-0.4, -0.2) is 61.5 Å². The van der Waals surface area contributed by atoms with Crippen molar-refractivity contribution in [1.29, 1.82) is 0 Å². The largest absolute Gasteiger partial charge is 0.490 e. The van der Waals surface area contributed by atoms with E-state index >= 15 is 0 Å². The Morgan fingerprint density at radius 2 is 1.77 bits per heavy atom. The van der Waals surface area contributed by atoms with Crippen LogP contribution in [0.3, 0.4) is 0 Å². The summed E-state index contributed by atoms with van der Waals surface area (Å²) in [6.07, 6.45) is -1.12. The summed E-state index contributed by atoms with van der Waals surface area (Å²) >= 11 is 0. The van der Waals surface area contributed by atoms with Gasteiger partial charge < -0.3 is 36.1 Å². The predicted octanol–water partition coefficient (Wildman–Crippen LogP) is 1.62. The van der Waals surface area contributed by atoms with Crippen molar-refractivity contribution in [3.05, 3.63) is 59.7 Å². The fraction of sp³-hybridized carbons (Fsp3) is 0.407. The van der Waals surface area contributed by atoms with E-state index in [-0.39, 0.29) is 19.0 Å². The fourth-order valence-corrected chi connectivity index (χ4v) is 3.82. The Morgan fingerprint density at radius 3 is 2.38 bits per heavy atom. The summed E-state index contributed by atoms with van der Waals surface area (Å²) in [5.74, 6) is -1.28. The molecule has 0 aliphatic carbocycles. The molecule has 12 heteroatoms. The average molecular weight is 542 g/mol. The molecule has 3 rings (SSSR count). The maximum absolute atomic E-state index is 12.7. The quantitative estimate of drug-likeness (QED) is 0.131. The molecule has 0 aromatic heterocycles.